The van der Waals surface area contributed by atoms with E-state index in [2.05, 4.69) is 25.9 Å². The molecule has 0 spiro atoms. The van der Waals surface area contributed by atoms with Gasteiger partial charge in [-0.3, -0.25) is 0 Å². The molecule has 2 nitrogen and oxygen atoms in total. The molecule has 0 aliphatic heterocycles. The van der Waals surface area contributed by atoms with Gasteiger partial charge in [0, 0.05) is 12.4 Å². The summed E-state index contributed by atoms with van der Waals surface area (Å²) in [4.78, 5) is 0. The zero-order valence-corrected chi connectivity index (χ0v) is 10.4. The Hall–Kier alpha value is -1.64. The van der Waals surface area contributed by atoms with Gasteiger partial charge in [-0.1, -0.05) is 26.8 Å². The standard InChI is InChI=1S/C14H17FN2/c1-14(2,3)10-11-5-6-13(12(15)9-11)17-8-4-7-16-17/h4-9H,10H2,1-3H3. The number of hydrogen-bond acceptors (Lipinski definition) is 1. The van der Waals surface area contributed by atoms with Crippen LogP contribution in [0.4, 0.5) is 4.39 Å². The van der Waals surface area contributed by atoms with E-state index < -0.39 is 0 Å². The van der Waals surface area contributed by atoms with Gasteiger partial charge in [0.15, 0.2) is 0 Å². The first-order valence-electron chi connectivity index (χ1n) is 5.74. The Kier molecular flexibility index (Phi) is 3.01. The Bertz CT molecular complexity index is 495. The molecular weight excluding hydrogens is 215 g/mol. The summed E-state index contributed by atoms with van der Waals surface area (Å²) in [5.41, 5.74) is 1.68. The van der Waals surface area contributed by atoms with Crippen LogP contribution in [0.5, 0.6) is 0 Å². The van der Waals surface area contributed by atoms with Gasteiger partial charge in [0.2, 0.25) is 0 Å². The minimum absolute atomic E-state index is 0.166. The molecular formula is C14H17FN2. The average Bonchev–Trinajstić information content (AvgIpc) is 2.68. The molecule has 0 fully saturated rings. The quantitative estimate of drug-likeness (QED) is 0.773. The van der Waals surface area contributed by atoms with Crippen LogP contribution in [0.1, 0.15) is 26.3 Å². The van der Waals surface area contributed by atoms with Crippen molar-refractivity contribution in [1.82, 2.24) is 9.78 Å². The van der Waals surface area contributed by atoms with E-state index in [1.807, 2.05) is 6.07 Å². The summed E-state index contributed by atoms with van der Waals surface area (Å²) >= 11 is 0. The van der Waals surface area contributed by atoms with E-state index in [9.17, 15) is 4.39 Å². The Labute approximate surface area is 101 Å². The van der Waals surface area contributed by atoms with Gasteiger partial charge in [-0.05, 0) is 35.6 Å². The number of aromatic nitrogens is 2. The van der Waals surface area contributed by atoms with Crippen molar-refractivity contribution in [3.63, 3.8) is 0 Å². The van der Waals surface area contributed by atoms with E-state index in [-0.39, 0.29) is 11.2 Å². The van der Waals surface area contributed by atoms with Crippen LogP contribution in [0.2, 0.25) is 0 Å². The van der Waals surface area contributed by atoms with Crippen molar-refractivity contribution >= 4 is 0 Å². The smallest absolute Gasteiger partial charge is 0.149 e. The highest BCUT2D eigenvalue weighted by Crippen LogP contribution is 2.22. The van der Waals surface area contributed by atoms with E-state index >= 15 is 0 Å². The lowest BCUT2D eigenvalue weighted by atomic mass is 9.88. The van der Waals surface area contributed by atoms with Crippen LogP contribution >= 0.6 is 0 Å². The van der Waals surface area contributed by atoms with Gasteiger partial charge in [-0.25, -0.2) is 9.07 Å². The monoisotopic (exact) mass is 232 g/mol. The molecule has 90 valence electrons. The SMILES string of the molecule is CC(C)(C)Cc1ccc(-n2cccn2)c(F)c1. The third-order valence-electron chi connectivity index (χ3n) is 2.50. The van der Waals surface area contributed by atoms with Crippen molar-refractivity contribution in [2.45, 2.75) is 27.2 Å². The van der Waals surface area contributed by atoms with E-state index in [0.717, 1.165) is 12.0 Å². The Morgan fingerprint density at radius 2 is 2.06 bits per heavy atom. The zero-order valence-electron chi connectivity index (χ0n) is 10.4. The largest absolute Gasteiger partial charge is 0.238 e. The van der Waals surface area contributed by atoms with Gasteiger partial charge >= 0.3 is 0 Å². The third-order valence-corrected chi connectivity index (χ3v) is 2.50. The minimum Gasteiger partial charge on any atom is -0.238 e. The first-order chi connectivity index (χ1) is 7.96. The molecule has 0 unspecified atom stereocenters. The summed E-state index contributed by atoms with van der Waals surface area (Å²) < 4.78 is 15.5. The molecule has 1 aromatic carbocycles. The Balaban J connectivity index is 2.30. The summed E-state index contributed by atoms with van der Waals surface area (Å²) in [6, 6.07) is 7.12. The second kappa shape index (κ2) is 4.32. The molecule has 0 atom stereocenters. The van der Waals surface area contributed by atoms with Gasteiger partial charge in [0.25, 0.3) is 0 Å². The van der Waals surface area contributed by atoms with E-state index in [1.165, 1.54) is 4.68 Å². The van der Waals surface area contributed by atoms with Crippen LogP contribution in [-0.4, -0.2) is 9.78 Å². The first kappa shape index (κ1) is 11.8. The number of halogens is 1. The third kappa shape index (κ3) is 2.93. The Morgan fingerprint density at radius 3 is 2.59 bits per heavy atom. The normalized spacial score (nSPS) is 11.8. The van der Waals surface area contributed by atoms with Crippen LogP contribution in [0.25, 0.3) is 5.69 Å². The number of hydrogen-bond donors (Lipinski definition) is 0. The molecule has 0 bridgehead atoms. The van der Waals surface area contributed by atoms with Crippen molar-refractivity contribution < 1.29 is 4.39 Å². The highest BCUT2D eigenvalue weighted by Gasteiger charge is 2.13. The van der Waals surface area contributed by atoms with Crippen molar-refractivity contribution in [2.24, 2.45) is 5.41 Å². The van der Waals surface area contributed by atoms with Gasteiger partial charge in [-0.15, -0.1) is 0 Å². The van der Waals surface area contributed by atoms with Crippen LogP contribution in [0.3, 0.4) is 0 Å². The molecule has 1 heterocycles. The fraction of sp³-hybridized carbons (Fsp3) is 0.357. The van der Waals surface area contributed by atoms with Crippen LogP contribution < -0.4 is 0 Å². The topological polar surface area (TPSA) is 17.8 Å². The van der Waals surface area contributed by atoms with Crippen molar-refractivity contribution in [3.05, 3.63) is 48.0 Å². The average molecular weight is 232 g/mol. The van der Waals surface area contributed by atoms with Crippen LogP contribution in [0.15, 0.2) is 36.7 Å². The van der Waals surface area contributed by atoms with E-state index in [0.29, 0.717) is 5.69 Å². The summed E-state index contributed by atoms with van der Waals surface area (Å²) in [7, 11) is 0. The molecule has 3 heteroatoms. The lowest BCUT2D eigenvalue weighted by Gasteiger charge is -2.18. The second-order valence-electron chi connectivity index (χ2n) is 5.47. The first-order valence-corrected chi connectivity index (χ1v) is 5.74. The maximum absolute atomic E-state index is 13.9. The lowest BCUT2D eigenvalue weighted by molar-refractivity contribution is 0.410. The molecule has 0 aliphatic carbocycles. The van der Waals surface area contributed by atoms with Crippen LogP contribution in [0, 0.1) is 11.2 Å². The number of benzene rings is 1. The zero-order chi connectivity index (χ0) is 12.5. The molecule has 2 aromatic rings. The van der Waals surface area contributed by atoms with Crippen molar-refractivity contribution in [3.8, 4) is 5.69 Å². The van der Waals surface area contributed by atoms with Crippen molar-refractivity contribution in [2.75, 3.05) is 0 Å². The lowest BCUT2D eigenvalue weighted by Crippen LogP contribution is -2.09. The van der Waals surface area contributed by atoms with Crippen molar-refractivity contribution in [1.29, 1.82) is 0 Å². The highest BCUT2D eigenvalue weighted by molar-refractivity contribution is 5.36. The molecule has 0 N–H and O–H groups in total. The molecule has 0 saturated heterocycles. The molecule has 0 amide bonds. The summed E-state index contributed by atoms with van der Waals surface area (Å²) in [6.07, 6.45) is 4.24. The predicted molar refractivity (Wildman–Crippen MR) is 66.7 cm³/mol. The predicted octanol–water partition coefficient (Wildman–Crippen LogP) is 3.60. The minimum atomic E-state index is -0.226. The molecule has 0 saturated carbocycles. The van der Waals surface area contributed by atoms with Crippen LogP contribution in [-0.2, 0) is 6.42 Å². The summed E-state index contributed by atoms with van der Waals surface area (Å²) in [5.74, 6) is -0.226. The van der Waals surface area contributed by atoms with Gasteiger partial charge in [0.05, 0.1) is 0 Å². The fourth-order valence-corrected chi connectivity index (χ4v) is 1.87. The molecule has 0 aliphatic rings. The second-order valence-corrected chi connectivity index (χ2v) is 5.47. The number of rotatable bonds is 2. The van der Waals surface area contributed by atoms with Gasteiger partial charge in [-0.2, -0.15) is 5.10 Å². The molecule has 0 radical (unpaired) electrons. The maximum atomic E-state index is 13.9. The maximum Gasteiger partial charge on any atom is 0.149 e. The van der Waals surface area contributed by atoms with E-state index in [1.54, 1.807) is 30.6 Å². The fourth-order valence-electron chi connectivity index (χ4n) is 1.87. The van der Waals surface area contributed by atoms with Gasteiger partial charge in [0.1, 0.15) is 11.5 Å². The van der Waals surface area contributed by atoms with E-state index in [4.69, 9.17) is 0 Å². The molecule has 1 aromatic heterocycles. The molecule has 2 rings (SSSR count). The Morgan fingerprint density at radius 1 is 1.29 bits per heavy atom. The highest BCUT2D eigenvalue weighted by atomic mass is 19.1. The summed E-state index contributed by atoms with van der Waals surface area (Å²) in [6.45, 7) is 6.44. The number of nitrogens with zero attached hydrogens (tertiary/aromatic N) is 2. The van der Waals surface area contributed by atoms with Gasteiger partial charge < -0.3 is 0 Å². The summed E-state index contributed by atoms with van der Waals surface area (Å²) in [5, 5.41) is 4.03. The molecule has 17 heavy (non-hydrogen) atoms.